The largest absolute Gasteiger partial charge is 0.308 e. The van der Waals surface area contributed by atoms with Crippen molar-refractivity contribution in [2.24, 2.45) is 0 Å². The summed E-state index contributed by atoms with van der Waals surface area (Å²) in [6.07, 6.45) is 0.739. The molecule has 7 heteroatoms. The minimum Gasteiger partial charge on any atom is -0.308 e. The predicted molar refractivity (Wildman–Crippen MR) is 135 cm³/mol. The van der Waals surface area contributed by atoms with Crippen molar-refractivity contribution in [1.82, 2.24) is 4.31 Å². The van der Waals surface area contributed by atoms with Crippen molar-refractivity contribution in [2.75, 3.05) is 11.4 Å². The first-order valence-corrected chi connectivity index (χ1v) is 13.1. The molecule has 0 aromatic heterocycles. The highest BCUT2D eigenvalue weighted by Gasteiger charge is 2.34. The van der Waals surface area contributed by atoms with E-state index in [1.807, 2.05) is 63.2 Å². The quantitative estimate of drug-likeness (QED) is 0.441. The fourth-order valence-electron chi connectivity index (χ4n) is 4.31. The van der Waals surface area contributed by atoms with Gasteiger partial charge >= 0.3 is 0 Å². The number of fused-ring (bicyclic) bond motifs is 1. The summed E-state index contributed by atoms with van der Waals surface area (Å²) in [6.45, 7) is 5.76. The van der Waals surface area contributed by atoms with Gasteiger partial charge in [0.15, 0.2) is 0 Å². The predicted octanol–water partition coefficient (Wildman–Crippen LogP) is 5.23. The minimum atomic E-state index is -3.88. The number of rotatable bonds is 6. The molecule has 1 aliphatic rings. The molecule has 172 valence electrons. The van der Waals surface area contributed by atoms with Crippen LogP contribution in [0.3, 0.4) is 0 Å². The normalized spacial score (nSPS) is 15.7. The molecular formula is C26H27BrN2O3S. The summed E-state index contributed by atoms with van der Waals surface area (Å²) in [7, 11) is -3.88. The van der Waals surface area contributed by atoms with E-state index >= 15 is 0 Å². The number of anilines is 1. The number of hydrogen-bond acceptors (Lipinski definition) is 3. The average molecular weight is 527 g/mol. The van der Waals surface area contributed by atoms with Gasteiger partial charge in [0.05, 0.1) is 11.4 Å². The smallest absolute Gasteiger partial charge is 0.243 e. The summed E-state index contributed by atoms with van der Waals surface area (Å²) in [5.41, 5.74) is 4.79. The molecule has 0 N–H and O–H groups in total. The summed E-state index contributed by atoms with van der Waals surface area (Å²) in [4.78, 5) is 15.4. The van der Waals surface area contributed by atoms with Crippen LogP contribution in [-0.4, -0.2) is 31.2 Å². The average Bonchev–Trinajstić information content (AvgIpc) is 3.08. The van der Waals surface area contributed by atoms with E-state index in [1.54, 1.807) is 29.2 Å². The molecule has 0 saturated carbocycles. The van der Waals surface area contributed by atoms with E-state index < -0.39 is 10.0 Å². The summed E-state index contributed by atoms with van der Waals surface area (Å²) in [6, 6.07) is 20.3. The number of benzene rings is 3. The number of carbonyl (C=O) groups is 1. The number of amides is 1. The molecule has 3 aromatic carbocycles. The van der Waals surface area contributed by atoms with Gasteiger partial charge in [-0.15, -0.1) is 0 Å². The van der Waals surface area contributed by atoms with Crippen LogP contribution in [0.15, 0.2) is 76.1 Å². The lowest BCUT2D eigenvalue weighted by atomic mass is 10.1. The van der Waals surface area contributed by atoms with Crippen molar-refractivity contribution in [2.45, 2.75) is 44.7 Å². The Morgan fingerprint density at radius 2 is 1.76 bits per heavy atom. The summed E-state index contributed by atoms with van der Waals surface area (Å²) in [5.74, 6) is -0.230. The zero-order valence-corrected chi connectivity index (χ0v) is 21.4. The standard InChI is InChI=1S/C26H27BrN2O3S/c1-18-7-10-24(11-8-18)33(31,32)28(16-21-6-4-5-19(2)13-21)17-26(30)29-20(3)14-22-15-23(27)9-12-25(22)29/h4-13,15,20H,14,16-17H2,1-3H3/t20-/m1/s1. The van der Waals surface area contributed by atoms with Crippen LogP contribution in [0, 0.1) is 13.8 Å². The van der Waals surface area contributed by atoms with E-state index in [-0.39, 0.29) is 29.9 Å². The van der Waals surface area contributed by atoms with E-state index in [9.17, 15) is 13.2 Å². The van der Waals surface area contributed by atoms with Gasteiger partial charge in [0.2, 0.25) is 15.9 Å². The molecule has 1 amide bonds. The van der Waals surface area contributed by atoms with E-state index in [2.05, 4.69) is 15.9 Å². The Bertz CT molecular complexity index is 1290. The number of aryl methyl sites for hydroxylation is 2. The first-order chi connectivity index (χ1) is 15.6. The molecule has 0 bridgehead atoms. The molecule has 0 unspecified atom stereocenters. The van der Waals surface area contributed by atoms with E-state index in [4.69, 9.17) is 0 Å². The second kappa shape index (κ2) is 9.41. The molecule has 1 atom stereocenters. The third-order valence-electron chi connectivity index (χ3n) is 5.94. The number of halogens is 1. The van der Waals surface area contributed by atoms with Crippen molar-refractivity contribution in [3.05, 3.63) is 93.5 Å². The van der Waals surface area contributed by atoms with E-state index in [1.165, 1.54) is 4.31 Å². The molecular weight excluding hydrogens is 500 g/mol. The van der Waals surface area contributed by atoms with Gasteiger partial charge in [0, 0.05) is 22.7 Å². The summed E-state index contributed by atoms with van der Waals surface area (Å²) in [5, 5.41) is 0. The molecule has 1 heterocycles. The number of carbonyl (C=O) groups excluding carboxylic acids is 1. The number of hydrogen-bond donors (Lipinski definition) is 0. The molecule has 3 aromatic rings. The highest BCUT2D eigenvalue weighted by Crippen LogP contribution is 2.34. The maximum absolute atomic E-state index is 13.6. The van der Waals surface area contributed by atoms with Crippen molar-refractivity contribution in [3.8, 4) is 0 Å². The molecule has 0 saturated heterocycles. The Hall–Kier alpha value is -2.48. The van der Waals surface area contributed by atoms with Crippen LogP contribution in [0.4, 0.5) is 5.69 Å². The maximum Gasteiger partial charge on any atom is 0.243 e. The Morgan fingerprint density at radius 1 is 1.03 bits per heavy atom. The monoisotopic (exact) mass is 526 g/mol. The maximum atomic E-state index is 13.6. The lowest BCUT2D eigenvalue weighted by Crippen LogP contribution is -2.44. The van der Waals surface area contributed by atoms with Gasteiger partial charge in [-0.25, -0.2) is 8.42 Å². The zero-order chi connectivity index (χ0) is 23.8. The molecule has 4 rings (SSSR count). The van der Waals surface area contributed by atoms with Crippen LogP contribution in [-0.2, 0) is 27.8 Å². The van der Waals surface area contributed by atoms with Gasteiger partial charge in [0.1, 0.15) is 0 Å². The fraction of sp³-hybridized carbons (Fsp3) is 0.269. The first-order valence-electron chi connectivity index (χ1n) is 10.9. The lowest BCUT2D eigenvalue weighted by molar-refractivity contribution is -0.119. The van der Waals surface area contributed by atoms with Crippen LogP contribution in [0.25, 0.3) is 0 Å². The van der Waals surface area contributed by atoms with Crippen molar-refractivity contribution in [3.63, 3.8) is 0 Å². The third-order valence-corrected chi connectivity index (χ3v) is 8.24. The van der Waals surface area contributed by atoms with Gasteiger partial charge in [0.25, 0.3) is 0 Å². The molecule has 1 aliphatic heterocycles. The van der Waals surface area contributed by atoms with Crippen LogP contribution in [0.2, 0.25) is 0 Å². The lowest BCUT2D eigenvalue weighted by Gasteiger charge is -2.28. The molecule has 5 nitrogen and oxygen atoms in total. The molecule has 0 aliphatic carbocycles. The van der Waals surface area contributed by atoms with Crippen LogP contribution in [0.1, 0.15) is 29.2 Å². The van der Waals surface area contributed by atoms with Crippen LogP contribution in [0.5, 0.6) is 0 Å². The Labute approximate surface area is 204 Å². The van der Waals surface area contributed by atoms with Crippen LogP contribution < -0.4 is 4.90 Å². The van der Waals surface area contributed by atoms with Gasteiger partial charge in [-0.1, -0.05) is 63.5 Å². The van der Waals surface area contributed by atoms with Crippen molar-refractivity contribution >= 4 is 37.5 Å². The summed E-state index contributed by atoms with van der Waals surface area (Å²) < 4.78 is 29.5. The van der Waals surface area contributed by atoms with Crippen LogP contribution >= 0.6 is 15.9 Å². The van der Waals surface area contributed by atoms with Gasteiger partial charge in [-0.2, -0.15) is 4.31 Å². The van der Waals surface area contributed by atoms with E-state index in [0.29, 0.717) is 0 Å². The topological polar surface area (TPSA) is 57.7 Å². The van der Waals surface area contributed by atoms with Crippen molar-refractivity contribution in [1.29, 1.82) is 0 Å². The van der Waals surface area contributed by atoms with Crippen molar-refractivity contribution < 1.29 is 13.2 Å². The van der Waals surface area contributed by atoms with Gasteiger partial charge in [-0.05, 0) is 68.7 Å². The molecule has 0 fully saturated rings. The fourth-order valence-corrected chi connectivity index (χ4v) is 6.09. The Morgan fingerprint density at radius 3 is 2.45 bits per heavy atom. The molecule has 0 radical (unpaired) electrons. The highest BCUT2D eigenvalue weighted by atomic mass is 79.9. The van der Waals surface area contributed by atoms with Gasteiger partial charge in [-0.3, -0.25) is 4.79 Å². The second-order valence-electron chi connectivity index (χ2n) is 8.67. The Balaban J connectivity index is 1.68. The summed E-state index contributed by atoms with van der Waals surface area (Å²) >= 11 is 3.49. The SMILES string of the molecule is Cc1ccc(S(=O)(=O)N(CC(=O)N2c3ccc(Br)cc3C[C@H]2C)Cc2cccc(C)c2)cc1. The van der Waals surface area contributed by atoms with Gasteiger partial charge < -0.3 is 4.90 Å². The number of nitrogens with zero attached hydrogens (tertiary/aromatic N) is 2. The number of sulfonamides is 1. The van der Waals surface area contributed by atoms with E-state index in [0.717, 1.165) is 38.8 Å². The zero-order valence-electron chi connectivity index (χ0n) is 19.0. The molecule has 33 heavy (non-hydrogen) atoms. The highest BCUT2D eigenvalue weighted by molar-refractivity contribution is 9.10. The third kappa shape index (κ3) is 5.05. The minimum absolute atomic E-state index is 0.0373. The Kier molecular flexibility index (Phi) is 6.75. The first kappa shape index (κ1) is 23.7. The molecule has 0 spiro atoms. The second-order valence-corrected chi connectivity index (χ2v) is 11.5.